The van der Waals surface area contributed by atoms with Crippen LogP contribution in [0, 0.1) is 0 Å². The third-order valence-electron chi connectivity index (χ3n) is 6.00. The number of carbonyl (C=O) groups excluding carboxylic acids is 2. The molecule has 2 atom stereocenters. The molecule has 0 aromatic heterocycles. The smallest absolute Gasteiger partial charge is 0.407 e. The number of hydrogen-bond donors (Lipinski definition) is 3. The molecule has 182 valence electrons. The first kappa shape index (κ1) is 25.2. The summed E-state index contributed by atoms with van der Waals surface area (Å²) in [6, 6.07) is 15.9. The lowest BCUT2D eigenvalue weighted by atomic mass is 9.98. The van der Waals surface area contributed by atoms with Crippen LogP contribution in [0.4, 0.5) is 4.79 Å². The second-order valence-electron chi connectivity index (χ2n) is 8.42. The number of ether oxygens (including phenoxy) is 2. The highest BCUT2D eigenvalue weighted by Crippen LogP contribution is 2.44. The van der Waals surface area contributed by atoms with E-state index in [9.17, 15) is 14.4 Å². The predicted octanol–water partition coefficient (Wildman–Crippen LogP) is 3.69. The standard InChI is InChI=1S/C26H32N2O6/c1-3-8-17(13-24(29)27-15-18(33-2)14-25(30)31)28-26(32)34-16-23-21-11-6-4-9-19(21)20-10-5-7-12-22(20)23/h4-7,9-12,17-18,23H,3,8,13-16H2,1-2H3,(H,27,29)(H,28,32)(H,30,31)/t17-,18?/m0/s1. The van der Waals surface area contributed by atoms with Gasteiger partial charge in [-0.05, 0) is 28.7 Å². The summed E-state index contributed by atoms with van der Waals surface area (Å²) in [5, 5.41) is 14.4. The second-order valence-corrected chi connectivity index (χ2v) is 8.42. The Balaban J connectivity index is 1.53. The van der Waals surface area contributed by atoms with Crippen molar-refractivity contribution in [2.24, 2.45) is 0 Å². The van der Waals surface area contributed by atoms with Gasteiger partial charge in [-0.1, -0.05) is 61.9 Å². The topological polar surface area (TPSA) is 114 Å². The molecule has 2 aromatic rings. The molecule has 2 amide bonds. The lowest BCUT2D eigenvalue weighted by Crippen LogP contribution is -2.41. The monoisotopic (exact) mass is 468 g/mol. The van der Waals surface area contributed by atoms with Crippen LogP contribution in [-0.2, 0) is 19.1 Å². The molecule has 3 rings (SSSR count). The van der Waals surface area contributed by atoms with Gasteiger partial charge in [-0.2, -0.15) is 0 Å². The summed E-state index contributed by atoms with van der Waals surface area (Å²) in [7, 11) is 1.40. The minimum Gasteiger partial charge on any atom is -0.481 e. The van der Waals surface area contributed by atoms with Crippen molar-refractivity contribution >= 4 is 18.0 Å². The maximum Gasteiger partial charge on any atom is 0.407 e. The molecule has 0 heterocycles. The molecule has 8 nitrogen and oxygen atoms in total. The number of alkyl carbamates (subject to hydrolysis) is 1. The number of carboxylic acids is 1. The van der Waals surface area contributed by atoms with Crippen LogP contribution in [0.2, 0.25) is 0 Å². The van der Waals surface area contributed by atoms with Crippen LogP contribution in [0.5, 0.6) is 0 Å². The number of carboxylic acid groups (broad SMARTS) is 1. The zero-order chi connectivity index (χ0) is 24.5. The largest absolute Gasteiger partial charge is 0.481 e. The van der Waals surface area contributed by atoms with Crippen molar-refractivity contribution in [3.8, 4) is 11.1 Å². The molecular weight excluding hydrogens is 436 g/mol. The van der Waals surface area contributed by atoms with Crippen LogP contribution in [-0.4, -0.2) is 55.5 Å². The van der Waals surface area contributed by atoms with E-state index in [4.69, 9.17) is 14.6 Å². The first-order valence-corrected chi connectivity index (χ1v) is 11.6. The average Bonchev–Trinajstić information content (AvgIpc) is 3.14. The number of fused-ring (bicyclic) bond motifs is 3. The zero-order valence-electron chi connectivity index (χ0n) is 19.6. The maximum atomic E-state index is 12.6. The minimum atomic E-state index is -0.998. The molecule has 0 spiro atoms. The molecule has 0 fully saturated rings. The van der Waals surface area contributed by atoms with E-state index in [-0.39, 0.29) is 43.9 Å². The lowest BCUT2D eigenvalue weighted by Gasteiger charge is -2.20. The van der Waals surface area contributed by atoms with E-state index in [0.717, 1.165) is 28.7 Å². The van der Waals surface area contributed by atoms with E-state index in [0.29, 0.717) is 6.42 Å². The van der Waals surface area contributed by atoms with Crippen molar-refractivity contribution in [2.75, 3.05) is 20.3 Å². The molecule has 1 aliphatic rings. The molecule has 8 heteroatoms. The summed E-state index contributed by atoms with van der Waals surface area (Å²) in [5.74, 6) is -1.32. The summed E-state index contributed by atoms with van der Waals surface area (Å²) in [5.41, 5.74) is 4.58. The Morgan fingerprint density at radius 2 is 1.62 bits per heavy atom. The second kappa shape index (κ2) is 12.2. The van der Waals surface area contributed by atoms with E-state index in [2.05, 4.69) is 34.9 Å². The third-order valence-corrected chi connectivity index (χ3v) is 6.00. The van der Waals surface area contributed by atoms with Gasteiger partial charge in [-0.15, -0.1) is 0 Å². The van der Waals surface area contributed by atoms with Gasteiger partial charge in [0.25, 0.3) is 0 Å². The number of amides is 2. The number of carbonyl (C=O) groups is 3. The summed E-state index contributed by atoms with van der Waals surface area (Å²) >= 11 is 0. The van der Waals surface area contributed by atoms with E-state index in [1.54, 1.807) is 0 Å². The SMILES string of the molecule is CCC[C@@H](CC(=O)NCC(CC(=O)O)OC)NC(=O)OCC1c2ccccc2-c2ccccc21. The number of aliphatic carboxylic acids is 1. The molecule has 0 radical (unpaired) electrons. The summed E-state index contributed by atoms with van der Waals surface area (Å²) < 4.78 is 10.7. The highest BCUT2D eigenvalue weighted by molar-refractivity contribution is 5.79. The number of nitrogens with one attached hydrogen (secondary N) is 2. The van der Waals surface area contributed by atoms with Gasteiger partial charge < -0.3 is 25.2 Å². The fraction of sp³-hybridized carbons (Fsp3) is 0.423. The van der Waals surface area contributed by atoms with Crippen molar-refractivity contribution in [1.82, 2.24) is 10.6 Å². The fourth-order valence-corrected chi connectivity index (χ4v) is 4.34. The van der Waals surface area contributed by atoms with E-state index < -0.39 is 18.2 Å². The molecule has 2 aromatic carbocycles. The quantitative estimate of drug-likeness (QED) is 0.438. The lowest BCUT2D eigenvalue weighted by molar-refractivity contribution is -0.140. The number of benzene rings is 2. The van der Waals surface area contributed by atoms with Crippen LogP contribution in [0.1, 0.15) is 49.7 Å². The number of methoxy groups -OCH3 is 1. The molecule has 3 N–H and O–H groups in total. The van der Waals surface area contributed by atoms with Crippen LogP contribution < -0.4 is 10.6 Å². The predicted molar refractivity (Wildman–Crippen MR) is 128 cm³/mol. The van der Waals surface area contributed by atoms with Gasteiger partial charge in [0.05, 0.1) is 12.5 Å². The number of rotatable bonds is 12. The van der Waals surface area contributed by atoms with E-state index in [1.807, 2.05) is 31.2 Å². The zero-order valence-corrected chi connectivity index (χ0v) is 19.6. The molecular formula is C26H32N2O6. The van der Waals surface area contributed by atoms with E-state index in [1.165, 1.54) is 7.11 Å². The Hall–Kier alpha value is -3.39. The third kappa shape index (κ3) is 6.57. The first-order valence-electron chi connectivity index (χ1n) is 11.6. The highest BCUT2D eigenvalue weighted by Gasteiger charge is 2.29. The van der Waals surface area contributed by atoms with Gasteiger partial charge in [0.2, 0.25) is 5.91 Å². The fourth-order valence-electron chi connectivity index (χ4n) is 4.34. The summed E-state index contributed by atoms with van der Waals surface area (Å²) in [6.07, 6.45) is 0.0890. The van der Waals surface area contributed by atoms with Gasteiger partial charge in [0, 0.05) is 32.0 Å². The van der Waals surface area contributed by atoms with Crippen LogP contribution >= 0.6 is 0 Å². The van der Waals surface area contributed by atoms with Gasteiger partial charge in [-0.25, -0.2) is 4.79 Å². The first-order chi connectivity index (χ1) is 16.4. The van der Waals surface area contributed by atoms with Crippen molar-refractivity contribution in [1.29, 1.82) is 0 Å². The van der Waals surface area contributed by atoms with Crippen LogP contribution in [0.3, 0.4) is 0 Å². The Bertz CT molecular complexity index is 963. The van der Waals surface area contributed by atoms with Crippen molar-refractivity contribution in [3.63, 3.8) is 0 Å². The Kier molecular flexibility index (Phi) is 9.04. The van der Waals surface area contributed by atoms with Gasteiger partial charge in [-0.3, -0.25) is 9.59 Å². The molecule has 0 aliphatic heterocycles. The minimum absolute atomic E-state index is 0.0358. The van der Waals surface area contributed by atoms with Gasteiger partial charge in [0.15, 0.2) is 0 Å². The molecule has 0 saturated carbocycles. The van der Waals surface area contributed by atoms with Crippen molar-refractivity contribution in [3.05, 3.63) is 59.7 Å². The Morgan fingerprint density at radius 3 is 2.18 bits per heavy atom. The van der Waals surface area contributed by atoms with Crippen molar-refractivity contribution < 1.29 is 29.0 Å². The molecule has 34 heavy (non-hydrogen) atoms. The summed E-state index contributed by atoms with van der Waals surface area (Å²) in [6.45, 7) is 2.26. The summed E-state index contributed by atoms with van der Waals surface area (Å²) in [4.78, 5) is 35.8. The average molecular weight is 469 g/mol. The van der Waals surface area contributed by atoms with Crippen LogP contribution in [0.15, 0.2) is 48.5 Å². The van der Waals surface area contributed by atoms with Crippen molar-refractivity contribution in [2.45, 2.75) is 50.7 Å². The van der Waals surface area contributed by atoms with Gasteiger partial charge in [0.1, 0.15) is 6.61 Å². The van der Waals surface area contributed by atoms with Crippen LogP contribution in [0.25, 0.3) is 11.1 Å². The molecule has 1 aliphatic carbocycles. The molecule has 0 saturated heterocycles. The molecule has 0 bridgehead atoms. The highest BCUT2D eigenvalue weighted by atomic mass is 16.5. The number of hydrogen-bond acceptors (Lipinski definition) is 5. The van der Waals surface area contributed by atoms with Gasteiger partial charge >= 0.3 is 12.1 Å². The Morgan fingerprint density at radius 1 is 1.00 bits per heavy atom. The normalized spacial score (nSPS) is 13.9. The Labute approximate surface area is 199 Å². The maximum absolute atomic E-state index is 12.6. The van der Waals surface area contributed by atoms with E-state index >= 15 is 0 Å². The molecule has 1 unspecified atom stereocenters.